The Morgan fingerprint density at radius 3 is 1.92 bits per heavy atom. The standard InChI is InChI=1S/C31H23FN2O4S/c32-24-14-17-26(18-15-24)39(37,38)34-29-20-25(16-19-30(29)35)33-31(36)23-12-10-22(11-13-23)28-9-5-4-8-27(28)21-6-2-1-3-7-21/h1-20,34-35H,(H,33,36). The van der Waals surface area contributed by atoms with Crippen LogP contribution in [0.1, 0.15) is 10.4 Å². The molecule has 6 nitrogen and oxygen atoms in total. The molecule has 0 spiro atoms. The van der Waals surface area contributed by atoms with Crippen LogP contribution in [0, 0.1) is 5.82 Å². The van der Waals surface area contributed by atoms with Crippen LogP contribution in [0.2, 0.25) is 0 Å². The van der Waals surface area contributed by atoms with E-state index in [-0.39, 0.29) is 22.0 Å². The Balaban J connectivity index is 1.34. The predicted octanol–water partition coefficient (Wildman–Crippen LogP) is 6.92. The van der Waals surface area contributed by atoms with Gasteiger partial charge in [0.1, 0.15) is 11.6 Å². The number of amides is 1. The lowest BCUT2D eigenvalue weighted by atomic mass is 9.94. The molecule has 0 bridgehead atoms. The van der Waals surface area contributed by atoms with E-state index in [0.717, 1.165) is 46.5 Å². The van der Waals surface area contributed by atoms with Crippen molar-refractivity contribution >= 4 is 27.3 Å². The first-order chi connectivity index (χ1) is 18.8. The van der Waals surface area contributed by atoms with Crippen molar-refractivity contribution in [2.45, 2.75) is 4.90 Å². The van der Waals surface area contributed by atoms with Gasteiger partial charge in [0.25, 0.3) is 15.9 Å². The Hall–Kier alpha value is -4.95. The highest BCUT2D eigenvalue weighted by atomic mass is 32.2. The Morgan fingerprint density at radius 2 is 1.28 bits per heavy atom. The fourth-order valence-electron chi connectivity index (χ4n) is 4.12. The number of carbonyl (C=O) groups is 1. The quantitative estimate of drug-likeness (QED) is 0.155. The highest BCUT2D eigenvalue weighted by molar-refractivity contribution is 7.92. The fraction of sp³-hybridized carbons (Fsp3) is 0. The SMILES string of the molecule is O=C(Nc1ccc(O)c(NS(=O)(=O)c2ccc(F)cc2)c1)c1ccc(-c2ccccc2-c2ccccc2)cc1. The van der Waals surface area contributed by atoms with Gasteiger partial charge in [0.2, 0.25) is 0 Å². The molecule has 5 rings (SSSR count). The van der Waals surface area contributed by atoms with Gasteiger partial charge in [-0.25, -0.2) is 12.8 Å². The van der Waals surface area contributed by atoms with Gasteiger partial charge >= 0.3 is 0 Å². The number of phenols is 1. The van der Waals surface area contributed by atoms with Crippen LogP contribution in [-0.2, 0) is 10.0 Å². The van der Waals surface area contributed by atoms with E-state index >= 15 is 0 Å². The van der Waals surface area contributed by atoms with Crippen molar-refractivity contribution in [2.24, 2.45) is 0 Å². The van der Waals surface area contributed by atoms with E-state index in [1.807, 2.05) is 60.7 Å². The second-order valence-corrected chi connectivity index (χ2v) is 10.4. The summed E-state index contributed by atoms with van der Waals surface area (Å²) >= 11 is 0. The zero-order chi connectivity index (χ0) is 27.4. The topological polar surface area (TPSA) is 95.5 Å². The van der Waals surface area contributed by atoms with Crippen molar-refractivity contribution in [3.05, 3.63) is 133 Å². The third-order valence-corrected chi connectivity index (χ3v) is 7.47. The number of sulfonamides is 1. The van der Waals surface area contributed by atoms with Crippen molar-refractivity contribution < 1.29 is 22.7 Å². The van der Waals surface area contributed by atoms with Crippen LogP contribution in [0.3, 0.4) is 0 Å². The average molecular weight is 539 g/mol. The highest BCUT2D eigenvalue weighted by Gasteiger charge is 2.17. The minimum Gasteiger partial charge on any atom is -0.506 e. The van der Waals surface area contributed by atoms with E-state index in [0.29, 0.717) is 5.56 Å². The number of carbonyl (C=O) groups excluding carboxylic acids is 1. The molecule has 0 saturated carbocycles. The van der Waals surface area contributed by atoms with Crippen molar-refractivity contribution in [3.63, 3.8) is 0 Å². The van der Waals surface area contributed by atoms with Gasteiger partial charge in [0, 0.05) is 11.3 Å². The molecular formula is C31H23FN2O4S. The lowest BCUT2D eigenvalue weighted by Crippen LogP contribution is -2.14. The number of aromatic hydroxyl groups is 1. The molecule has 0 atom stereocenters. The maximum Gasteiger partial charge on any atom is 0.262 e. The second kappa shape index (κ2) is 10.8. The molecule has 0 unspecified atom stereocenters. The van der Waals surface area contributed by atoms with Crippen LogP contribution in [0.15, 0.2) is 126 Å². The molecule has 3 N–H and O–H groups in total. The lowest BCUT2D eigenvalue weighted by molar-refractivity contribution is 0.102. The van der Waals surface area contributed by atoms with Crippen LogP contribution in [0.5, 0.6) is 5.75 Å². The third-order valence-electron chi connectivity index (χ3n) is 6.09. The van der Waals surface area contributed by atoms with Gasteiger partial charge in [0.05, 0.1) is 10.6 Å². The van der Waals surface area contributed by atoms with E-state index in [2.05, 4.69) is 16.1 Å². The van der Waals surface area contributed by atoms with Gasteiger partial charge in [0.15, 0.2) is 0 Å². The number of rotatable bonds is 7. The maximum atomic E-state index is 13.2. The molecule has 0 aliphatic carbocycles. The van der Waals surface area contributed by atoms with Gasteiger partial charge in [-0.3, -0.25) is 9.52 Å². The summed E-state index contributed by atoms with van der Waals surface area (Å²) in [7, 11) is -4.09. The number of hydrogen-bond acceptors (Lipinski definition) is 4. The number of halogens is 1. The molecule has 0 fully saturated rings. The Bertz CT molecular complexity index is 1740. The van der Waals surface area contributed by atoms with E-state index in [4.69, 9.17) is 0 Å². The average Bonchev–Trinajstić information content (AvgIpc) is 2.95. The molecule has 1 amide bonds. The van der Waals surface area contributed by atoms with Gasteiger partial charge in [-0.2, -0.15) is 0 Å². The molecule has 0 saturated heterocycles. The minimum atomic E-state index is -4.09. The van der Waals surface area contributed by atoms with E-state index < -0.39 is 21.7 Å². The van der Waals surface area contributed by atoms with Crippen LogP contribution < -0.4 is 10.0 Å². The first-order valence-corrected chi connectivity index (χ1v) is 13.5. The summed E-state index contributed by atoms with van der Waals surface area (Å²) < 4.78 is 40.8. The van der Waals surface area contributed by atoms with Gasteiger partial charge in [-0.1, -0.05) is 66.7 Å². The van der Waals surface area contributed by atoms with Gasteiger partial charge < -0.3 is 10.4 Å². The minimum absolute atomic E-state index is 0.134. The zero-order valence-corrected chi connectivity index (χ0v) is 21.3. The molecular weight excluding hydrogens is 515 g/mol. The van der Waals surface area contributed by atoms with Crippen LogP contribution >= 0.6 is 0 Å². The fourth-order valence-corrected chi connectivity index (χ4v) is 5.19. The second-order valence-electron chi connectivity index (χ2n) is 8.73. The number of anilines is 2. The summed E-state index contributed by atoms with van der Waals surface area (Å²) in [5, 5.41) is 12.9. The van der Waals surface area contributed by atoms with Crippen LogP contribution in [-0.4, -0.2) is 19.4 Å². The van der Waals surface area contributed by atoms with Crippen molar-refractivity contribution in [1.82, 2.24) is 0 Å². The van der Waals surface area contributed by atoms with Crippen molar-refractivity contribution in [3.8, 4) is 28.0 Å². The van der Waals surface area contributed by atoms with E-state index in [1.54, 1.807) is 12.1 Å². The Labute approximate surface area is 225 Å². The summed E-state index contributed by atoms with van der Waals surface area (Å²) in [5.41, 5.74) is 4.69. The molecule has 5 aromatic rings. The Morgan fingerprint density at radius 1 is 0.692 bits per heavy atom. The Kier molecular flexibility index (Phi) is 7.12. The molecule has 0 aromatic heterocycles. The van der Waals surface area contributed by atoms with E-state index in [1.165, 1.54) is 18.2 Å². The molecule has 5 aromatic carbocycles. The number of benzene rings is 5. The third kappa shape index (κ3) is 5.81. The molecule has 0 radical (unpaired) electrons. The summed E-state index contributed by atoms with van der Waals surface area (Å²) in [6.45, 7) is 0. The molecule has 39 heavy (non-hydrogen) atoms. The van der Waals surface area contributed by atoms with Crippen molar-refractivity contribution in [1.29, 1.82) is 0 Å². The molecule has 0 heterocycles. The lowest BCUT2D eigenvalue weighted by Gasteiger charge is -2.13. The smallest absolute Gasteiger partial charge is 0.262 e. The number of nitrogens with one attached hydrogen (secondary N) is 2. The van der Waals surface area contributed by atoms with E-state index in [9.17, 15) is 22.7 Å². The van der Waals surface area contributed by atoms with Crippen LogP contribution in [0.25, 0.3) is 22.3 Å². The molecule has 194 valence electrons. The summed E-state index contributed by atoms with van der Waals surface area (Å²) in [4.78, 5) is 12.8. The predicted molar refractivity (Wildman–Crippen MR) is 151 cm³/mol. The summed E-state index contributed by atoms with van der Waals surface area (Å²) in [6.07, 6.45) is 0. The number of hydrogen-bond donors (Lipinski definition) is 3. The molecule has 8 heteroatoms. The summed E-state index contributed by atoms with van der Waals surface area (Å²) in [6, 6.07) is 33.5. The first kappa shape index (κ1) is 25.7. The largest absolute Gasteiger partial charge is 0.506 e. The number of phenolic OH excluding ortho intramolecular Hbond substituents is 1. The highest BCUT2D eigenvalue weighted by Crippen LogP contribution is 2.32. The van der Waals surface area contributed by atoms with Gasteiger partial charge in [-0.05, 0) is 76.9 Å². The van der Waals surface area contributed by atoms with Crippen LogP contribution in [0.4, 0.5) is 15.8 Å². The summed E-state index contributed by atoms with van der Waals surface area (Å²) in [5.74, 6) is -1.31. The zero-order valence-electron chi connectivity index (χ0n) is 20.5. The monoisotopic (exact) mass is 538 g/mol. The molecule has 0 aliphatic heterocycles. The maximum absolute atomic E-state index is 13.2. The molecule has 0 aliphatic rings. The normalized spacial score (nSPS) is 11.1. The first-order valence-electron chi connectivity index (χ1n) is 12.0. The van der Waals surface area contributed by atoms with Crippen molar-refractivity contribution in [2.75, 3.05) is 10.0 Å². The van der Waals surface area contributed by atoms with Gasteiger partial charge in [-0.15, -0.1) is 0 Å².